The van der Waals surface area contributed by atoms with Crippen molar-refractivity contribution in [2.45, 2.75) is 31.9 Å². The average molecular weight is 414 g/mol. The minimum atomic E-state index is -0.333. The van der Waals surface area contributed by atoms with Crippen LogP contribution < -0.4 is 5.32 Å². The molecule has 3 heterocycles. The number of hydrogen-bond acceptors (Lipinski definition) is 4. The molecule has 0 unspecified atom stereocenters. The largest absolute Gasteiger partial charge is 0.368 e. The van der Waals surface area contributed by atoms with Gasteiger partial charge in [0.15, 0.2) is 5.82 Å². The van der Waals surface area contributed by atoms with Crippen molar-refractivity contribution in [1.82, 2.24) is 24.6 Å². The van der Waals surface area contributed by atoms with Crippen LogP contribution in [0.5, 0.6) is 0 Å². The molecule has 2 aromatic heterocycles. The molecule has 1 amide bonds. The Kier molecular flexibility index (Phi) is 5.97. The van der Waals surface area contributed by atoms with E-state index in [-0.39, 0.29) is 12.0 Å². The number of benzene rings is 1. The number of halogens is 1. The zero-order valence-corrected chi connectivity index (χ0v) is 17.1. The second-order valence-corrected chi connectivity index (χ2v) is 7.58. The molecule has 1 aromatic carbocycles. The summed E-state index contributed by atoms with van der Waals surface area (Å²) in [5.41, 5.74) is 2.89. The second-order valence-electron chi connectivity index (χ2n) is 7.14. The summed E-state index contributed by atoms with van der Waals surface area (Å²) in [6.07, 6.45) is 8.01. The van der Waals surface area contributed by atoms with Crippen molar-refractivity contribution in [3.8, 4) is 22.6 Å². The number of hydrogen-bond donors (Lipinski definition) is 1. The lowest BCUT2D eigenvalue weighted by molar-refractivity contribution is -0.135. The highest BCUT2D eigenvalue weighted by Gasteiger charge is 2.22. The van der Waals surface area contributed by atoms with Crippen LogP contribution in [-0.4, -0.2) is 44.5 Å². The molecule has 1 atom stereocenters. The number of carbonyl (C=O) groups is 1. The zero-order chi connectivity index (χ0) is 20.2. The van der Waals surface area contributed by atoms with Crippen molar-refractivity contribution in [2.24, 2.45) is 7.05 Å². The van der Waals surface area contributed by atoms with Crippen molar-refractivity contribution >= 4 is 17.5 Å². The SMILES string of the molecule is Cn1ccnc1-c1c(-c2ccc(Cl)cc2)cnn1CCNC(=O)[C@H]1CCCCO1. The Morgan fingerprint density at radius 2 is 2.14 bits per heavy atom. The van der Waals surface area contributed by atoms with Gasteiger partial charge in [-0.2, -0.15) is 5.10 Å². The Hall–Kier alpha value is -2.64. The number of aryl methyl sites for hydroxylation is 1. The third kappa shape index (κ3) is 4.36. The minimum Gasteiger partial charge on any atom is -0.368 e. The van der Waals surface area contributed by atoms with Crippen molar-refractivity contribution in [2.75, 3.05) is 13.2 Å². The molecule has 0 bridgehead atoms. The van der Waals surface area contributed by atoms with Crippen LogP contribution in [0.4, 0.5) is 0 Å². The smallest absolute Gasteiger partial charge is 0.249 e. The molecule has 0 saturated carbocycles. The molecule has 0 radical (unpaired) electrons. The number of ether oxygens (including phenoxy) is 1. The molecular formula is C21H24ClN5O2. The maximum Gasteiger partial charge on any atom is 0.249 e. The van der Waals surface area contributed by atoms with E-state index in [0.29, 0.717) is 24.7 Å². The molecule has 1 N–H and O–H groups in total. The monoisotopic (exact) mass is 413 g/mol. The molecule has 1 fully saturated rings. The fraction of sp³-hybridized carbons (Fsp3) is 0.381. The molecule has 1 saturated heterocycles. The summed E-state index contributed by atoms with van der Waals surface area (Å²) < 4.78 is 9.40. The van der Waals surface area contributed by atoms with Gasteiger partial charge < -0.3 is 14.6 Å². The van der Waals surface area contributed by atoms with Gasteiger partial charge in [0.2, 0.25) is 5.91 Å². The van der Waals surface area contributed by atoms with E-state index in [0.717, 1.165) is 41.9 Å². The normalized spacial score (nSPS) is 16.7. The number of nitrogens with zero attached hydrogens (tertiary/aromatic N) is 4. The van der Waals surface area contributed by atoms with Crippen molar-refractivity contribution < 1.29 is 9.53 Å². The molecule has 1 aliphatic rings. The standard InChI is InChI=1S/C21H24ClN5O2/c1-26-11-9-23-20(26)19-17(15-5-7-16(22)8-6-15)14-25-27(19)12-10-24-21(28)18-4-2-3-13-29-18/h5-9,11,14,18H,2-4,10,12-13H2,1H3,(H,24,28)/t18-/m1/s1. The molecule has 4 rings (SSSR count). The maximum atomic E-state index is 12.3. The van der Waals surface area contributed by atoms with E-state index in [4.69, 9.17) is 16.3 Å². The summed E-state index contributed by atoms with van der Waals surface area (Å²) in [6, 6.07) is 7.66. The Bertz CT molecular complexity index is 973. The van der Waals surface area contributed by atoms with E-state index in [9.17, 15) is 4.79 Å². The average Bonchev–Trinajstić information content (AvgIpc) is 3.35. The van der Waals surface area contributed by atoms with Crippen LogP contribution in [0.15, 0.2) is 42.9 Å². The molecular weight excluding hydrogens is 390 g/mol. The quantitative estimate of drug-likeness (QED) is 0.673. The van der Waals surface area contributed by atoms with Gasteiger partial charge in [0, 0.05) is 43.2 Å². The van der Waals surface area contributed by atoms with Crippen molar-refractivity contribution in [3.63, 3.8) is 0 Å². The van der Waals surface area contributed by atoms with Gasteiger partial charge in [0.25, 0.3) is 0 Å². The van der Waals surface area contributed by atoms with E-state index < -0.39 is 0 Å². The Balaban J connectivity index is 1.54. The Morgan fingerprint density at radius 3 is 2.83 bits per heavy atom. The molecule has 8 heteroatoms. The summed E-state index contributed by atoms with van der Waals surface area (Å²) in [4.78, 5) is 16.8. The van der Waals surface area contributed by atoms with Crippen LogP contribution in [0.1, 0.15) is 19.3 Å². The van der Waals surface area contributed by atoms with Crippen LogP contribution >= 0.6 is 11.6 Å². The van der Waals surface area contributed by atoms with E-state index in [1.165, 1.54) is 0 Å². The third-order valence-electron chi connectivity index (χ3n) is 5.12. The molecule has 7 nitrogen and oxygen atoms in total. The van der Waals surface area contributed by atoms with Gasteiger partial charge in [-0.3, -0.25) is 9.48 Å². The lowest BCUT2D eigenvalue weighted by Gasteiger charge is -2.21. The summed E-state index contributed by atoms with van der Waals surface area (Å²) in [5, 5.41) is 8.23. The van der Waals surface area contributed by atoms with Crippen LogP contribution in [-0.2, 0) is 23.1 Å². The topological polar surface area (TPSA) is 74.0 Å². The highest BCUT2D eigenvalue weighted by molar-refractivity contribution is 6.30. The van der Waals surface area contributed by atoms with Gasteiger partial charge in [-0.25, -0.2) is 4.98 Å². The van der Waals surface area contributed by atoms with Gasteiger partial charge in [-0.05, 0) is 37.0 Å². The highest BCUT2D eigenvalue weighted by atomic mass is 35.5. The highest BCUT2D eigenvalue weighted by Crippen LogP contribution is 2.31. The Labute approximate surface area is 174 Å². The second kappa shape index (κ2) is 8.80. The van der Waals surface area contributed by atoms with E-state index in [1.54, 1.807) is 6.20 Å². The van der Waals surface area contributed by atoms with Crippen LogP contribution in [0, 0.1) is 0 Å². The molecule has 152 valence electrons. The van der Waals surface area contributed by atoms with Gasteiger partial charge >= 0.3 is 0 Å². The van der Waals surface area contributed by atoms with Gasteiger partial charge in [0.1, 0.15) is 11.8 Å². The minimum absolute atomic E-state index is 0.0478. The molecule has 0 aliphatic carbocycles. The number of aromatic nitrogens is 4. The van der Waals surface area contributed by atoms with Crippen molar-refractivity contribution in [1.29, 1.82) is 0 Å². The summed E-state index contributed by atoms with van der Waals surface area (Å²) >= 11 is 6.04. The molecule has 3 aromatic rings. The number of amides is 1. The molecule has 29 heavy (non-hydrogen) atoms. The first-order valence-electron chi connectivity index (χ1n) is 9.82. The fourth-order valence-electron chi connectivity index (χ4n) is 3.57. The zero-order valence-electron chi connectivity index (χ0n) is 16.3. The van der Waals surface area contributed by atoms with Gasteiger partial charge in [0.05, 0.1) is 12.7 Å². The maximum absolute atomic E-state index is 12.3. The number of carbonyl (C=O) groups excluding carboxylic acids is 1. The fourth-order valence-corrected chi connectivity index (χ4v) is 3.70. The van der Waals surface area contributed by atoms with Crippen LogP contribution in [0.2, 0.25) is 5.02 Å². The first kappa shape index (κ1) is 19.7. The first-order valence-corrected chi connectivity index (χ1v) is 10.2. The first-order chi connectivity index (χ1) is 14.1. The predicted molar refractivity (Wildman–Crippen MR) is 111 cm³/mol. The van der Waals surface area contributed by atoms with E-state index >= 15 is 0 Å². The molecule has 1 aliphatic heterocycles. The third-order valence-corrected chi connectivity index (χ3v) is 5.37. The van der Waals surface area contributed by atoms with Gasteiger partial charge in [-0.1, -0.05) is 23.7 Å². The number of nitrogens with one attached hydrogen (secondary N) is 1. The van der Waals surface area contributed by atoms with Gasteiger partial charge in [-0.15, -0.1) is 0 Å². The molecule has 0 spiro atoms. The number of imidazole rings is 1. The number of rotatable bonds is 6. The van der Waals surface area contributed by atoms with E-state index in [2.05, 4.69) is 15.4 Å². The van der Waals surface area contributed by atoms with Crippen molar-refractivity contribution in [3.05, 3.63) is 47.9 Å². The van der Waals surface area contributed by atoms with E-state index in [1.807, 2.05) is 53.0 Å². The predicted octanol–water partition coefficient (Wildman–Crippen LogP) is 3.29. The van der Waals surface area contributed by atoms with Crippen LogP contribution in [0.3, 0.4) is 0 Å². The summed E-state index contributed by atoms with van der Waals surface area (Å²) in [5.74, 6) is 0.766. The lowest BCUT2D eigenvalue weighted by Crippen LogP contribution is -2.39. The summed E-state index contributed by atoms with van der Waals surface area (Å²) in [6.45, 7) is 1.66. The lowest BCUT2D eigenvalue weighted by atomic mass is 10.1. The summed E-state index contributed by atoms with van der Waals surface area (Å²) in [7, 11) is 1.95. The van der Waals surface area contributed by atoms with Crippen LogP contribution in [0.25, 0.3) is 22.6 Å². The Morgan fingerprint density at radius 1 is 1.31 bits per heavy atom.